The van der Waals surface area contributed by atoms with Crippen LogP contribution in [0.5, 0.6) is 0 Å². The highest BCUT2D eigenvalue weighted by atomic mass is 16.5. The third-order valence-electron chi connectivity index (χ3n) is 6.21. The molecule has 7 heteroatoms. The van der Waals surface area contributed by atoms with Crippen LogP contribution in [0.3, 0.4) is 0 Å². The quantitative estimate of drug-likeness (QED) is 0.219. The van der Waals surface area contributed by atoms with Crippen LogP contribution in [0.15, 0.2) is 64.7 Å². The van der Waals surface area contributed by atoms with E-state index in [1.54, 1.807) is 0 Å². The van der Waals surface area contributed by atoms with Gasteiger partial charge in [-0.25, -0.2) is 4.79 Å². The number of hydrogen-bond donors (Lipinski definition) is 3. The van der Waals surface area contributed by atoms with Crippen molar-refractivity contribution in [2.45, 2.75) is 53.0 Å². The highest BCUT2D eigenvalue weighted by molar-refractivity contribution is 6.50. The molecule has 34 heavy (non-hydrogen) atoms. The van der Waals surface area contributed by atoms with E-state index in [9.17, 15) is 19.5 Å². The minimum absolute atomic E-state index is 0.0792. The lowest BCUT2D eigenvalue weighted by Crippen LogP contribution is -2.42. The van der Waals surface area contributed by atoms with E-state index in [-0.39, 0.29) is 34.9 Å². The molecule has 1 unspecified atom stereocenters. The standard InChI is InChI=1S/C27H32N2O5/c1-15(2)9-8-10-16(3)22-25(31)23(17(4)24(30)26(22)32)29-21(27(33)34-5)13-18-14-28-20-12-7-6-11-19(18)20/h6-7,9,11-12,14,16,21,28-29,31H,8,10,13H2,1-5H3/t16-,21?/m1/s1. The number of aliphatic hydroxyl groups excluding tert-OH is 1. The number of carbonyl (C=O) groups excluding carboxylic acids is 3. The molecule has 1 aromatic carbocycles. The first kappa shape index (κ1) is 25.0. The van der Waals surface area contributed by atoms with E-state index >= 15 is 0 Å². The van der Waals surface area contributed by atoms with Gasteiger partial charge in [0.05, 0.1) is 18.4 Å². The summed E-state index contributed by atoms with van der Waals surface area (Å²) in [5.74, 6) is -2.53. The Hall–Kier alpha value is -3.61. The molecule has 3 rings (SSSR count). The predicted octanol–water partition coefficient (Wildman–Crippen LogP) is 4.46. The van der Waals surface area contributed by atoms with Gasteiger partial charge < -0.3 is 20.1 Å². The van der Waals surface area contributed by atoms with Gasteiger partial charge in [-0.1, -0.05) is 36.8 Å². The number of Topliss-reactive ketones (excluding diaryl/α,β-unsaturated/α-hetero) is 2. The number of aliphatic hydroxyl groups is 1. The lowest BCUT2D eigenvalue weighted by molar-refractivity contribution is -0.142. The number of aromatic amines is 1. The Bertz CT molecular complexity index is 1210. The highest BCUT2D eigenvalue weighted by Gasteiger charge is 2.37. The van der Waals surface area contributed by atoms with Crippen LogP contribution in [0.4, 0.5) is 0 Å². The lowest BCUT2D eigenvalue weighted by Gasteiger charge is -2.26. The third-order valence-corrected chi connectivity index (χ3v) is 6.21. The molecule has 0 amide bonds. The van der Waals surface area contributed by atoms with Gasteiger partial charge in [-0.2, -0.15) is 0 Å². The number of fused-ring (bicyclic) bond motifs is 1. The molecule has 0 aliphatic heterocycles. The van der Waals surface area contributed by atoms with Crippen molar-refractivity contribution in [3.63, 3.8) is 0 Å². The number of benzene rings is 1. The summed E-state index contributed by atoms with van der Waals surface area (Å²) in [6, 6.07) is 6.84. The smallest absolute Gasteiger partial charge is 0.328 e. The van der Waals surface area contributed by atoms with Crippen LogP contribution in [-0.4, -0.2) is 40.8 Å². The first-order valence-corrected chi connectivity index (χ1v) is 11.4. The lowest BCUT2D eigenvalue weighted by atomic mass is 9.83. The Balaban J connectivity index is 1.94. The molecule has 2 aromatic rings. The van der Waals surface area contributed by atoms with Crippen molar-refractivity contribution < 1.29 is 24.2 Å². The van der Waals surface area contributed by atoms with Gasteiger partial charge in [0, 0.05) is 29.1 Å². The second-order valence-electron chi connectivity index (χ2n) is 8.96. The van der Waals surface area contributed by atoms with Crippen LogP contribution in [0.2, 0.25) is 0 Å². The maximum atomic E-state index is 12.8. The van der Waals surface area contributed by atoms with Crippen LogP contribution in [0.25, 0.3) is 10.9 Å². The van der Waals surface area contributed by atoms with Crippen LogP contribution in [-0.2, 0) is 25.5 Å². The first-order valence-electron chi connectivity index (χ1n) is 11.4. The van der Waals surface area contributed by atoms with Gasteiger partial charge in [0.2, 0.25) is 11.6 Å². The van der Waals surface area contributed by atoms with Gasteiger partial charge in [0.25, 0.3) is 0 Å². The molecule has 1 heterocycles. The van der Waals surface area contributed by atoms with E-state index in [2.05, 4.69) is 16.4 Å². The zero-order valence-electron chi connectivity index (χ0n) is 20.3. The molecular formula is C27H32N2O5. The summed E-state index contributed by atoms with van der Waals surface area (Å²) in [5, 5.41) is 15.1. The van der Waals surface area contributed by atoms with Crippen LogP contribution in [0.1, 0.15) is 46.1 Å². The fraction of sp³-hybridized carbons (Fsp3) is 0.370. The molecule has 0 bridgehead atoms. The van der Waals surface area contributed by atoms with E-state index in [1.165, 1.54) is 14.0 Å². The van der Waals surface area contributed by atoms with Gasteiger partial charge >= 0.3 is 5.97 Å². The number of carbonyl (C=O) groups is 3. The number of rotatable bonds is 9. The summed E-state index contributed by atoms with van der Waals surface area (Å²) in [6.07, 6.45) is 5.46. The third kappa shape index (κ3) is 5.14. The van der Waals surface area contributed by atoms with E-state index in [0.717, 1.165) is 28.5 Å². The molecule has 3 N–H and O–H groups in total. The minimum atomic E-state index is -0.875. The summed E-state index contributed by atoms with van der Waals surface area (Å²) < 4.78 is 4.99. The maximum Gasteiger partial charge on any atom is 0.328 e. The molecule has 0 radical (unpaired) electrons. The average Bonchev–Trinajstić information content (AvgIpc) is 3.21. The van der Waals surface area contributed by atoms with Gasteiger partial charge in [0.15, 0.2) is 0 Å². The molecule has 0 fully saturated rings. The number of H-pyrrole nitrogens is 1. The molecule has 1 aromatic heterocycles. The monoisotopic (exact) mass is 464 g/mol. The van der Waals surface area contributed by atoms with Crippen molar-refractivity contribution in [2.24, 2.45) is 5.92 Å². The average molecular weight is 465 g/mol. The number of ketones is 2. The van der Waals surface area contributed by atoms with E-state index in [4.69, 9.17) is 4.74 Å². The van der Waals surface area contributed by atoms with Crippen LogP contribution >= 0.6 is 0 Å². The second-order valence-corrected chi connectivity index (χ2v) is 8.96. The molecule has 7 nitrogen and oxygen atoms in total. The van der Waals surface area contributed by atoms with Crippen LogP contribution < -0.4 is 5.32 Å². The summed E-state index contributed by atoms with van der Waals surface area (Å²) in [5.41, 5.74) is 3.24. The zero-order chi connectivity index (χ0) is 25.0. The second kappa shape index (κ2) is 10.5. The van der Waals surface area contributed by atoms with Crippen molar-refractivity contribution >= 4 is 28.4 Å². The fourth-order valence-corrected chi connectivity index (χ4v) is 4.26. The Morgan fingerprint density at radius 3 is 2.59 bits per heavy atom. The van der Waals surface area contributed by atoms with Gasteiger partial charge in [-0.05, 0) is 51.2 Å². The van der Waals surface area contributed by atoms with Crippen molar-refractivity contribution in [2.75, 3.05) is 7.11 Å². The number of nitrogens with one attached hydrogen (secondary N) is 2. The molecule has 2 atom stereocenters. The van der Waals surface area contributed by atoms with E-state index in [0.29, 0.717) is 6.42 Å². The van der Waals surface area contributed by atoms with Crippen LogP contribution in [0, 0.1) is 5.92 Å². The molecule has 1 aliphatic rings. The van der Waals surface area contributed by atoms with Crippen molar-refractivity contribution in [1.82, 2.24) is 10.3 Å². The first-order chi connectivity index (χ1) is 16.1. The summed E-state index contributed by atoms with van der Waals surface area (Å²) in [7, 11) is 1.29. The number of methoxy groups -OCH3 is 1. The zero-order valence-corrected chi connectivity index (χ0v) is 20.3. The van der Waals surface area contributed by atoms with Gasteiger partial charge in [-0.15, -0.1) is 0 Å². The summed E-state index contributed by atoms with van der Waals surface area (Å²) in [4.78, 5) is 41.4. The normalized spacial score (nSPS) is 16.0. The Morgan fingerprint density at radius 1 is 1.21 bits per heavy atom. The molecule has 180 valence electrons. The van der Waals surface area contributed by atoms with Gasteiger partial charge in [0.1, 0.15) is 11.8 Å². The number of ether oxygens (including phenoxy) is 1. The molecule has 0 spiro atoms. The Kier molecular flexibility index (Phi) is 7.76. The summed E-state index contributed by atoms with van der Waals surface area (Å²) >= 11 is 0. The number of esters is 1. The Morgan fingerprint density at radius 2 is 1.91 bits per heavy atom. The van der Waals surface area contributed by atoms with Crippen molar-refractivity contribution in [3.05, 3.63) is 70.3 Å². The molecule has 0 saturated heterocycles. The number of aromatic nitrogens is 1. The predicted molar refractivity (Wildman–Crippen MR) is 131 cm³/mol. The molecule has 0 saturated carbocycles. The number of hydrogen-bond acceptors (Lipinski definition) is 6. The number of allylic oxidation sites excluding steroid dienone is 4. The van der Waals surface area contributed by atoms with Crippen molar-refractivity contribution in [3.8, 4) is 0 Å². The highest BCUT2D eigenvalue weighted by Crippen LogP contribution is 2.31. The Labute approximate surface area is 199 Å². The molecular weight excluding hydrogens is 432 g/mol. The topological polar surface area (TPSA) is 108 Å². The fourth-order valence-electron chi connectivity index (χ4n) is 4.26. The number of para-hydroxylation sites is 1. The largest absolute Gasteiger partial charge is 0.505 e. The minimum Gasteiger partial charge on any atom is -0.505 e. The SMILES string of the molecule is COC(=O)C(Cc1c[nH]c2ccccc12)NC1=C(C)C(=O)C(=O)C([C@H](C)CCC=C(C)C)=C1O. The van der Waals surface area contributed by atoms with E-state index in [1.807, 2.05) is 51.2 Å². The van der Waals surface area contributed by atoms with E-state index < -0.39 is 23.6 Å². The van der Waals surface area contributed by atoms with Crippen molar-refractivity contribution in [1.29, 1.82) is 0 Å². The maximum absolute atomic E-state index is 12.8. The molecule has 1 aliphatic carbocycles. The van der Waals surface area contributed by atoms with Gasteiger partial charge in [-0.3, -0.25) is 9.59 Å². The summed E-state index contributed by atoms with van der Waals surface area (Å²) in [6.45, 7) is 7.28.